The van der Waals surface area contributed by atoms with Crippen molar-refractivity contribution in [3.8, 4) is 5.75 Å². The van der Waals surface area contributed by atoms with Gasteiger partial charge in [0, 0.05) is 16.4 Å². The Morgan fingerprint density at radius 3 is 2.42 bits per heavy atom. The van der Waals surface area contributed by atoms with Gasteiger partial charge in [0.25, 0.3) is 5.91 Å². The SMILES string of the molecule is C/C(CC(=O)Nc1cc(C)cc(C)c1)=N\NC(=O)c1cc(Cl)ccc1O. The maximum Gasteiger partial charge on any atom is 0.275 e. The smallest absolute Gasteiger partial charge is 0.275 e. The van der Waals surface area contributed by atoms with Gasteiger partial charge in [0.15, 0.2) is 0 Å². The topological polar surface area (TPSA) is 90.8 Å². The van der Waals surface area contributed by atoms with Crippen molar-refractivity contribution in [2.45, 2.75) is 27.2 Å². The summed E-state index contributed by atoms with van der Waals surface area (Å²) in [5.41, 5.74) is 5.56. The molecule has 0 aliphatic heterocycles. The van der Waals surface area contributed by atoms with Gasteiger partial charge in [0.2, 0.25) is 5.91 Å². The molecule has 2 amide bonds. The molecule has 0 fully saturated rings. The molecule has 2 aromatic carbocycles. The number of hydrogen-bond donors (Lipinski definition) is 3. The van der Waals surface area contributed by atoms with Crippen LogP contribution in [0.2, 0.25) is 5.02 Å². The molecule has 2 aromatic rings. The number of amides is 2. The van der Waals surface area contributed by atoms with Gasteiger partial charge in [0.1, 0.15) is 5.75 Å². The van der Waals surface area contributed by atoms with Gasteiger partial charge in [-0.2, -0.15) is 5.10 Å². The number of nitrogens with zero attached hydrogens (tertiary/aromatic N) is 1. The van der Waals surface area contributed by atoms with Crippen LogP contribution in [0.15, 0.2) is 41.5 Å². The van der Waals surface area contributed by atoms with Gasteiger partial charge >= 0.3 is 0 Å². The van der Waals surface area contributed by atoms with Gasteiger partial charge in [-0.05, 0) is 62.2 Å². The number of aromatic hydroxyl groups is 1. The second kappa shape index (κ2) is 8.49. The van der Waals surface area contributed by atoms with Crippen molar-refractivity contribution >= 4 is 34.8 Å². The molecule has 136 valence electrons. The first-order valence-corrected chi connectivity index (χ1v) is 8.32. The summed E-state index contributed by atoms with van der Waals surface area (Å²) in [6, 6.07) is 9.90. The fourth-order valence-electron chi connectivity index (χ4n) is 2.42. The summed E-state index contributed by atoms with van der Waals surface area (Å²) in [7, 11) is 0. The first kappa shape index (κ1) is 19.5. The normalized spacial score (nSPS) is 11.2. The summed E-state index contributed by atoms with van der Waals surface area (Å²) in [4.78, 5) is 24.1. The first-order valence-electron chi connectivity index (χ1n) is 7.95. The molecule has 0 heterocycles. The summed E-state index contributed by atoms with van der Waals surface area (Å²) in [6.45, 7) is 5.53. The number of phenols is 1. The number of aryl methyl sites for hydroxylation is 2. The molecule has 6 nitrogen and oxygen atoms in total. The Morgan fingerprint density at radius 2 is 1.77 bits per heavy atom. The lowest BCUT2D eigenvalue weighted by atomic mass is 10.1. The van der Waals surface area contributed by atoms with Crippen LogP contribution in [0.4, 0.5) is 5.69 Å². The average Bonchev–Trinajstić information content (AvgIpc) is 2.53. The predicted octanol–water partition coefficient (Wildman–Crippen LogP) is 3.80. The third-order valence-corrected chi connectivity index (χ3v) is 3.71. The second-order valence-electron chi connectivity index (χ2n) is 6.05. The van der Waals surface area contributed by atoms with E-state index < -0.39 is 5.91 Å². The number of carbonyl (C=O) groups excluding carboxylic acids is 2. The minimum Gasteiger partial charge on any atom is -0.507 e. The molecule has 0 saturated heterocycles. The molecule has 0 spiro atoms. The second-order valence-corrected chi connectivity index (χ2v) is 6.49. The molecule has 0 saturated carbocycles. The van der Waals surface area contributed by atoms with E-state index in [1.165, 1.54) is 18.2 Å². The van der Waals surface area contributed by atoms with E-state index in [1.54, 1.807) is 6.92 Å². The minimum absolute atomic E-state index is 0.00809. The number of anilines is 1. The molecule has 7 heteroatoms. The molecule has 0 bridgehead atoms. The van der Waals surface area contributed by atoms with Crippen LogP contribution in [0.5, 0.6) is 5.75 Å². The van der Waals surface area contributed by atoms with Crippen LogP contribution < -0.4 is 10.7 Å². The van der Waals surface area contributed by atoms with E-state index >= 15 is 0 Å². The van der Waals surface area contributed by atoms with E-state index in [4.69, 9.17) is 11.6 Å². The lowest BCUT2D eigenvalue weighted by molar-refractivity contribution is -0.115. The molecular formula is C19H20ClN3O3. The van der Waals surface area contributed by atoms with Crippen LogP contribution in [-0.4, -0.2) is 22.6 Å². The lowest BCUT2D eigenvalue weighted by Gasteiger charge is -2.08. The molecule has 26 heavy (non-hydrogen) atoms. The number of rotatable bonds is 5. The number of phenolic OH excluding ortho intramolecular Hbond substituents is 1. The molecule has 0 unspecified atom stereocenters. The first-order chi connectivity index (χ1) is 12.2. The monoisotopic (exact) mass is 373 g/mol. The van der Waals surface area contributed by atoms with Crippen LogP contribution in [0.3, 0.4) is 0 Å². The van der Waals surface area contributed by atoms with Gasteiger partial charge in [-0.1, -0.05) is 17.7 Å². The maximum atomic E-state index is 12.1. The average molecular weight is 374 g/mol. The van der Waals surface area contributed by atoms with E-state index in [-0.39, 0.29) is 23.6 Å². The molecule has 2 rings (SSSR count). The Kier molecular flexibility index (Phi) is 6.36. The van der Waals surface area contributed by atoms with Crippen molar-refractivity contribution in [3.05, 3.63) is 58.1 Å². The van der Waals surface area contributed by atoms with Crippen LogP contribution >= 0.6 is 11.6 Å². The van der Waals surface area contributed by atoms with E-state index in [1.807, 2.05) is 32.0 Å². The van der Waals surface area contributed by atoms with E-state index in [0.29, 0.717) is 16.4 Å². The highest BCUT2D eigenvalue weighted by atomic mass is 35.5. The fourth-order valence-corrected chi connectivity index (χ4v) is 2.59. The van der Waals surface area contributed by atoms with E-state index in [0.717, 1.165) is 11.1 Å². The zero-order valence-electron chi connectivity index (χ0n) is 14.8. The Balaban J connectivity index is 1.95. The van der Waals surface area contributed by atoms with E-state index in [2.05, 4.69) is 15.8 Å². The van der Waals surface area contributed by atoms with Crippen molar-refractivity contribution < 1.29 is 14.7 Å². The van der Waals surface area contributed by atoms with Crippen molar-refractivity contribution in [3.63, 3.8) is 0 Å². The summed E-state index contributed by atoms with van der Waals surface area (Å²) in [5.74, 6) is -1.05. The van der Waals surface area contributed by atoms with Gasteiger partial charge < -0.3 is 10.4 Å². The summed E-state index contributed by atoms with van der Waals surface area (Å²) in [5, 5.41) is 16.7. The Bertz CT molecular complexity index is 858. The Morgan fingerprint density at radius 1 is 1.12 bits per heavy atom. The number of hydrogen-bond acceptors (Lipinski definition) is 4. The van der Waals surface area contributed by atoms with Crippen molar-refractivity contribution in [2.24, 2.45) is 5.10 Å². The van der Waals surface area contributed by atoms with Gasteiger partial charge in [0.05, 0.1) is 12.0 Å². The Hall–Kier alpha value is -2.86. The molecule has 0 radical (unpaired) electrons. The third-order valence-electron chi connectivity index (χ3n) is 3.47. The maximum absolute atomic E-state index is 12.1. The largest absolute Gasteiger partial charge is 0.507 e. The van der Waals surface area contributed by atoms with Crippen LogP contribution in [-0.2, 0) is 4.79 Å². The number of carbonyl (C=O) groups is 2. The molecule has 0 atom stereocenters. The van der Waals surface area contributed by atoms with Crippen LogP contribution in [0, 0.1) is 13.8 Å². The minimum atomic E-state index is -0.612. The highest BCUT2D eigenvalue weighted by Gasteiger charge is 2.12. The van der Waals surface area contributed by atoms with Gasteiger partial charge in [-0.3, -0.25) is 9.59 Å². The number of nitrogens with one attached hydrogen (secondary N) is 2. The third kappa shape index (κ3) is 5.60. The standard InChI is InChI=1S/C19H20ClN3O3/c1-11-6-12(2)8-15(7-11)21-18(25)9-13(3)22-23-19(26)16-10-14(20)4-5-17(16)24/h4-8,10,24H,9H2,1-3H3,(H,21,25)(H,23,26)/b22-13+. The molecular weight excluding hydrogens is 354 g/mol. The predicted molar refractivity (Wildman–Crippen MR) is 103 cm³/mol. The number of halogens is 1. The summed E-state index contributed by atoms with van der Waals surface area (Å²) < 4.78 is 0. The van der Waals surface area contributed by atoms with Crippen molar-refractivity contribution in [1.29, 1.82) is 0 Å². The molecule has 0 aromatic heterocycles. The number of hydrazone groups is 1. The lowest BCUT2D eigenvalue weighted by Crippen LogP contribution is -2.21. The van der Waals surface area contributed by atoms with Crippen LogP contribution in [0.1, 0.15) is 34.8 Å². The highest BCUT2D eigenvalue weighted by Crippen LogP contribution is 2.21. The van der Waals surface area contributed by atoms with Gasteiger partial charge in [-0.25, -0.2) is 5.43 Å². The zero-order chi connectivity index (χ0) is 19.3. The zero-order valence-corrected chi connectivity index (χ0v) is 15.5. The molecule has 0 aliphatic rings. The van der Waals surface area contributed by atoms with E-state index in [9.17, 15) is 14.7 Å². The fraction of sp³-hybridized carbons (Fsp3) is 0.211. The van der Waals surface area contributed by atoms with Crippen LogP contribution in [0.25, 0.3) is 0 Å². The van der Waals surface area contributed by atoms with Gasteiger partial charge in [-0.15, -0.1) is 0 Å². The molecule has 0 aliphatic carbocycles. The number of benzene rings is 2. The quantitative estimate of drug-likeness (QED) is 0.550. The Labute approximate surface area is 156 Å². The van der Waals surface area contributed by atoms with Crippen molar-refractivity contribution in [1.82, 2.24) is 5.43 Å². The summed E-state index contributed by atoms with van der Waals surface area (Å²) in [6.07, 6.45) is 0.0226. The summed E-state index contributed by atoms with van der Waals surface area (Å²) >= 11 is 5.81. The van der Waals surface area contributed by atoms with Crippen molar-refractivity contribution in [2.75, 3.05) is 5.32 Å². The highest BCUT2D eigenvalue weighted by molar-refractivity contribution is 6.31. The molecule has 3 N–H and O–H groups in total.